The standard InChI is InChI=1S/C46H36N4O/c1-4-31(20-22-47)34-25-35(32(5-2)21-23-48)27-36(26-34)33-14-12-15-37(28-33)49-24-11-10-13-30(3)44-41(49)29-43-46-45(44)38-16-6-7-17-39(38)50(46)40-18-8-9-19-42(40)51-43/h4-29,47H,1,3,48H2,2H3/b13-10-,23-21-,24-11-,31-20+,32-5+,47-22?. The summed E-state index contributed by atoms with van der Waals surface area (Å²) < 4.78 is 9.02. The molecule has 0 atom stereocenters. The molecule has 8 rings (SSSR count). The average molecular weight is 661 g/mol. The van der Waals surface area contributed by atoms with Crippen LogP contribution in [-0.4, -0.2) is 10.8 Å². The Balaban J connectivity index is 1.36. The van der Waals surface area contributed by atoms with Gasteiger partial charge >= 0.3 is 0 Å². The van der Waals surface area contributed by atoms with Crippen molar-refractivity contribution < 1.29 is 4.74 Å². The number of nitrogens with two attached hydrogens (primary N) is 1. The summed E-state index contributed by atoms with van der Waals surface area (Å²) in [5, 5.41) is 9.99. The summed E-state index contributed by atoms with van der Waals surface area (Å²) in [6, 6.07) is 33.9. The van der Waals surface area contributed by atoms with Crippen LogP contribution in [0.25, 0.3) is 55.3 Å². The second kappa shape index (κ2) is 12.9. The van der Waals surface area contributed by atoms with Crippen molar-refractivity contribution in [3.8, 4) is 28.3 Å². The van der Waals surface area contributed by atoms with Gasteiger partial charge in [0, 0.05) is 40.5 Å². The van der Waals surface area contributed by atoms with Crippen molar-refractivity contribution in [1.29, 1.82) is 5.41 Å². The average Bonchev–Trinajstić information content (AvgIpc) is 3.51. The summed E-state index contributed by atoms with van der Waals surface area (Å²) in [6.07, 6.45) is 18.6. The van der Waals surface area contributed by atoms with Crippen LogP contribution in [0.5, 0.6) is 11.5 Å². The van der Waals surface area contributed by atoms with Gasteiger partial charge in [-0.1, -0.05) is 79.9 Å². The highest BCUT2D eigenvalue weighted by Gasteiger charge is 2.29. The number of ether oxygens (including phenoxy) is 1. The molecule has 3 heterocycles. The van der Waals surface area contributed by atoms with Gasteiger partial charge in [-0.25, -0.2) is 0 Å². The van der Waals surface area contributed by atoms with Gasteiger partial charge in [0.1, 0.15) is 0 Å². The number of hydrogen-bond donors (Lipinski definition) is 2. The van der Waals surface area contributed by atoms with Gasteiger partial charge in [-0.15, -0.1) is 0 Å². The maximum absolute atomic E-state index is 7.74. The quantitative estimate of drug-likeness (QED) is 0.132. The van der Waals surface area contributed by atoms with Crippen molar-refractivity contribution >= 4 is 56.1 Å². The van der Waals surface area contributed by atoms with Crippen molar-refractivity contribution in [1.82, 2.24) is 4.57 Å². The Labute approximate surface area is 297 Å². The van der Waals surface area contributed by atoms with Crippen LogP contribution < -0.4 is 15.4 Å². The molecule has 0 saturated heterocycles. The molecule has 2 aliphatic rings. The predicted octanol–water partition coefficient (Wildman–Crippen LogP) is 11.9. The molecule has 0 amide bonds. The van der Waals surface area contributed by atoms with E-state index >= 15 is 0 Å². The molecule has 6 aromatic rings. The lowest BCUT2D eigenvalue weighted by atomic mass is 9.92. The number of benzene rings is 5. The fraction of sp³-hybridized carbons (Fsp3) is 0.0217. The van der Waals surface area contributed by atoms with E-state index in [1.807, 2.05) is 43.4 Å². The van der Waals surface area contributed by atoms with E-state index in [1.165, 1.54) is 6.21 Å². The van der Waals surface area contributed by atoms with Gasteiger partial charge in [0.2, 0.25) is 0 Å². The van der Waals surface area contributed by atoms with Gasteiger partial charge in [0.15, 0.2) is 11.5 Å². The molecule has 0 saturated carbocycles. The van der Waals surface area contributed by atoms with Crippen LogP contribution in [0.2, 0.25) is 0 Å². The minimum Gasteiger partial charge on any atom is -0.453 e. The van der Waals surface area contributed by atoms with Gasteiger partial charge in [0.25, 0.3) is 0 Å². The number of nitrogens with one attached hydrogen (secondary N) is 1. The monoisotopic (exact) mass is 660 g/mol. The van der Waals surface area contributed by atoms with Crippen molar-refractivity contribution in [3.63, 3.8) is 0 Å². The lowest BCUT2D eigenvalue weighted by Crippen LogP contribution is -2.13. The van der Waals surface area contributed by atoms with E-state index in [1.54, 1.807) is 18.4 Å². The fourth-order valence-electron chi connectivity index (χ4n) is 7.30. The van der Waals surface area contributed by atoms with E-state index in [-0.39, 0.29) is 0 Å². The van der Waals surface area contributed by atoms with Crippen LogP contribution in [0.1, 0.15) is 23.6 Å². The topological polar surface area (TPSA) is 67.3 Å². The summed E-state index contributed by atoms with van der Waals surface area (Å²) in [6.45, 7) is 10.6. The maximum atomic E-state index is 7.74. The molecule has 0 aliphatic carbocycles. The Morgan fingerprint density at radius 1 is 0.824 bits per heavy atom. The first-order chi connectivity index (χ1) is 25.0. The summed E-state index contributed by atoms with van der Waals surface area (Å²) in [5.41, 5.74) is 18.9. The third-order valence-electron chi connectivity index (χ3n) is 9.56. The lowest BCUT2D eigenvalue weighted by molar-refractivity contribution is 0.476. The Kier molecular flexibility index (Phi) is 7.93. The van der Waals surface area contributed by atoms with Gasteiger partial charge in [-0.2, -0.15) is 0 Å². The van der Waals surface area contributed by atoms with E-state index in [9.17, 15) is 0 Å². The molecule has 0 bridgehead atoms. The largest absolute Gasteiger partial charge is 0.453 e. The Bertz CT molecular complexity index is 2590. The molecular weight excluding hydrogens is 625 g/mol. The highest BCUT2D eigenvalue weighted by Crippen LogP contribution is 2.52. The molecule has 0 fully saturated rings. The van der Waals surface area contributed by atoms with E-state index in [4.69, 9.17) is 15.9 Å². The second-order valence-electron chi connectivity index (χ2n) is 12.5. The second-order valence-corrected chi connectivity index (χ2v) is 12.5. The van der Waals surface area contributed by atoms with Gasteiger partial charge < -0.3 is 25.3 Å². The number of aromatic nitrogens is 1. The molecule has 5 aromatic carbocycles. The SMILES string of the molecule is C=C/C(=C\C=N)c1cc(C(/C=C\N)=C/C)cc(-c2cccc(N3/C=C\C=C/C(=C)c4c3cc3c5c4c4ccccc4n5-c4ccccc4O3)c2)c1. The van der Waals surface area contributed by atoms with Crippen molar-refractivity contribution in [3.05, 3.63) is 182 Å². The Morgan fingerprint density at radius 2 is 1.63 bits per heavy atom. The van der Waals surface area contributed by atoms with Crippen LogP contribution in [-0.2, 0) is 0 Å². The van der Waals surface area contributed by atoms with Gasteiger partial charge in [-0.3, -0.25) is 0 Å². The number of fused-ring (bicyclic) bond motifs is 7. The molecule has 3 N–H and O–H groups in total. The van der Waals surface area contributed by atoms with Crippen molar-refractivity contribution in [2.75, 3.05) is 4.90 Å². The van der Waals surface area contributed by atoms with E-state index in [0.29, 0.717) is 0 Å². The van der Waals surface area contributed by atoms with Crippen molar-refractivity contribution in [2.45, 2.75) is 6.92 Å². The van der Waals surface area contributed by atoms with Crippen LogP contribution >= 0.6 is 0 Å². The number of allylic oxidation sites excluding steroid dienone is 10. The number of rotatable bonds is 7. The molecule has 5 heteroatoms. The van der Waals surface area contributed by atoms with Crippen LogP contribution in [0, 0.1) is 5.41 Å². The van der Waals surface area contributed by atoms with Crippen LogP contribution in [0.15, 0.2) is 165 Å². The highest BCUT2D eigenvalue weighted by molar-refractivity contribution is 6.19. The molecule has 246 valence electrons. The third-order valence-corrected chi connectivity index (χ3v) is 9.56. The van der Waals surface area contributed by atoms with E-state index < -0.39 is 0 Å². The van der Waals surface area contributed by atoms with Crippen LogP contribution in [0.3, 0.4) is 0 Å². The zero-order chi connectivity index (χ0) is 35.1. The fourth-order valence-corrected chi connectivity index (χ4v) is 7.30. The summed E-state index contributed by atoms with van der Waals surface area (Å²) in [4.78, 5) is 2.23. The molecule has 0 spiro atoms. The summed E-state index contributed by atoms with van der Waals surface area (Å²) in [5.74, 6) is 1.61. The normalized spacial score (nSPS) is 15.2. The zero-order valence-corrected chi connectivity index (χ0v) is 28.3. The zero-order valence-electron chi connectivity index (χ0n) is 28.3. The molecule has 0 radical (unpaired) electrons. The molecule has 2 aliphatic heterocycles. The molecule has 5 nitrogen and oxygen atoms in total. The molecule has 0 unspecified atom stereocenters. The Hall–Kier alpha value is -6.85. The number of anilines is 2. The van der Waals surface area contributed by atoms with Crippen molar-refractivity contribution in [2.24, 2.45) is 5.73 Å². The molecular formula is C46H36N4O. The first kappa shape index (κ1) is 31.4. The minimum absolute atomic E-state index is 0.796. The first-order valence-corrected chi connectivity index (χ1v) is 16.9. The molecule has 51 heavy (non-hydrogen) atoms. The first-order valence-electron chi connectivity index (χ1n) is 16.9. The number of para-hydroxylation sites is 3. The van der Waals surface area contributed by atoms with E-state index in [0.717, 1.165) is 94.9 Å². The molecule has 1 aromatic heterocycles. The van der Waals surface area contributed by atoms with Crippen LogP contribution in [0.4, 0.5) is 11.4 Å². The number of hydrogen-bond acceptors (Lipinski definition) is 4. The predicted molar refractivity (Wildman–Crippen MR) is 216 cm³/mol. The third kappa shape index (κ3) is 5.23. The minimum atomic E-state index is 0.796. The maximum Gasteiger partial charge on any atom is 0.154 e. The highest BCUT2D eigenvalue weighted by atomic mass is 16.5. The Morgan fingerprint density at radius 3 is 2.43 bits per heavy atom. The summed E-state index contributed by atoms with van der Waals surface area (Å²) in [7, 11) is 0. The smallest absolute Gasteiger partial charge is 0.154 e. The van der Waals surface area contributed by atoms with Gasteiger partial charge in [-0.05, 0) is 119 Å². The van der Waals surface area contributed by atoms with E-state index in [2.05, 4.69) is 120 Å². The lowest BCUT2D eigenvalue weighted by Gasteiger charge is -2.29. The summed E-state index contributed by atoms with van der Waals surface area (Å²) >= 11 is 0. The van der Waals surface area contributed by atoms with Gasteiger partial charge in [0.05, 0.1) is 22.4 Å². The number of nitrogens with zero attached hydrogens (tertiary/aromatic N) is 2.